The Kier molecular flexibility index (Phi) is 10.2. The molecular weight excluding hydrogens is 336 g/mol. The van der Waals surface area contributed by atoms with Gasteiger partial charge in [0.1, 0.15) is 23.0 Å². The third-order valence-corrected chi connectivity index (χ3v) is 4.42. The van der Waals surface area contributed by atoms with Gasteiger partial charge in [-0.1, -0.05) is 52.4 Å². The number of benzene rings is 2. The summed E-state index contributed by atoms with van der Waals surface area (Å²) in [5.41, 5.74) is 0. The zero-order valence-corrected chi connectivity index (χ0v) is 16.9. The second-order valence-electron chi connectivity index (χ2n) is 6.86. The van der Waals surface area contributed by atoms with Gasteiger partial charge in [-0.05, 0) is 61.4 Å². The van der Waals surface area contributed by atoms with Gasteiger partial charge in [0.15, 0.2) is 0 Å². The van der Waals surface area contributed by atoms with E-state index in [1.54, 1.807) is 0 Å². The van der Waals surface area contributed by atoms with Crippen LogP contribution in [-0.2, 0) is 0 Å². The summed E-state index contributed by atoms with van der Waals surface area (Å²) >= 11 is 0. The summed E-state index contributed by atoms with van der Waals surface area (Å²) in [6, 6.07) is 15.6. The van der Waals surface area contributed by atoms with E-state index in [0.29, 0.717) is 0 Å². The van der Waals surface area contributed by atoms with Crippen molar-refractivity contribution in [3.63, 3.8) is 0 Å². The molecule has 0 unspecified atom stereocenters. The predicted octanol–water partition coefficient (Wildman–Crippen LogP) is 7.40. The minimum Gasteiger partial charge on any atom is -0.494 e. The Bertz CT molecular complexity index is 549. The van der Waals surface area contributed by atoms with E-state index in [0.717, 1.165) is 49.1 Å². The van der Waals surface area contributed by atoms with E-state index < -0.39 is 0 Å². The molecule has 0 aliphatic rings. The maximum Gasteiger partial charge on any atom is 0.127 e. The van der Waals surface area contributed by atoms with E-state index in [-0.39, 0.29) is 0 Å². The quantitative estimate of drug-likeness (QED) is 0.324. The first-order chi connectivity index (χ1) is 13.3. The summed E-state index contributed by atoms with van der Waals surface area (Å²) in [5, 5.41) is 0. The van der Waals surface area contributed by atoms with Crippen molar-refractivity contribution in [2.24, 2.45) is 0 Å². The van der Waals surface area contributed by atoms with Gasteiger partial charge in [-0.2, -0.15) is 0 Å². The third kappa shape index (κ3) is 8.85. The van der Waals surface area contributed by atoms with Crippen molar-refractivity contribution in [1.29, 1.82) is 0 Å². The van der Waals surface area contributed by atoms with Crippen molar-refractivity contribution < 1.29 is 14.2 Å². The normalized spacial score (nSPS) is 10.6. The Labute approximate surface area is 164 Å². The minimum atomic E-state index is 0.778. The highest BCUT2D eigenvalue weighted by Crippen LogP contribution is 2.26. The summed E-state index contributed by atoms with van der Waals surface area (Å²) in [7, 11) is 0. The van der Waals surface area contributed by atoms with Crippen LogP contribution in [0, 0.1) is 0 Å². The van der Waals surface area contributed by atoms with Crippen LogP contribution in [0.2, 0.25) is 0 Å². The molecule has 0 fully saturated rings. The van der Waals surface area contributed by atoms with E-state index in [2.05, 4.69) is 13.8 Å². The molecule has 0 saturated heterocycles. The predicted molar refractivity (Wildman–Crippen MR) is 112 cm³/mol. The largest absolute Gasteiger partial charge is 0.494 e. The number of rotatable bonds is 14. The van der Waals surface area contributed by atoms with Crippen LogP contribution >= 0.6 is 0 Å². The lowest BCUT2D eigenvalue weighted by molar-refractivity contribution is 0.304. The number of ether oxygens (including phenoxy) is 3. The highest BCUT2D eigenvalue weighted by molar-refractivity contribution is 5.37. The first-order valence-electron chi connectivity index (χ1n) is 10.5. The van der Waals surface area contributed by atoms with Crippen LogP contribution in [0.3, 0.4) is 0 Å². The molecule has 0 spiro atoms. The standard InChI is InChI=1S/C24H34O3/c1-3-5-7-9-19-25-21-11-15-23(16-12-21)27-24-17-13-22(14-18-24)26-20-10-8-6-4-2/h11-18H,3-10,19-20H2,1-2H3. The van der Waals surface area contributed by atoms with Crippen molar-refractivity contribution in [1.82, 2.24) is 0 Å². The molecule has 2 rings (SSSR count). The topological polar surface area (TPSA) is 27.7 Å². The molecule has 27 heavy (non-hydrogen) atoms. The van der Waals surface area contributed by atoms with Gasteiger partial charge in [0.2, 0.25) is 0 Å². The fourth-order valence-corrected chi connectivity index (χ4v) is 2.78. The van der Waals surface area contributed by atoms with Crippen LogP contribution in [0.4, 0.5) is 0 Å². The SMILES string of the molecule is CCCCCCOc1ccc(Oc2ccc(OCCCCCC)cc2)cc1. The molecule has 0 radical (unpaired) electrons. The minimum absolute atomic E-state index is 0.778. The molecule has 2 aromatic rings. The van der Waals surface area contributed by atoms with Crippen molar-refractivity contribution >= 4 is 0 Å². The summed E-state index contributed by atoms with van der Waals surface area (Å²) in [4.78, 5) is 0. The van der Waals surface area contributed by atoms with Crippen molar-refractivity contribution in [2.45, 2.75) is 65.2 Å². The van der Waals surface area contributed by atoms with Gasteiger partial charge in [0, 0.05) is 0 Å². The summed E-state index contributed by atoms with van der Waals surface area (Å²) in [6.45, 7) is 5.99. The average Bonchev–Trinajstić information content (AvgIpc) is 2.70. The molecule has 0 aromatic heterocycles. The second kappa shape index (κ2) is 13.1. The van der Waals surface area contributed by atoms with Crippen molar-refractivity contribution in [3.05, 3.63) is 48.5 Å². The number of hydrogen-bond donors (Lipinski definition) is 0. The average molecular weight is 371 g/mol. The van der Waals surface area contributed by atoms with E-state index in [9.17, 15) is 0 Å². The molecule has 2 aromatic carbocycles. The lowest BCUT2D eigenvalue weighted by Gasteiger charge is -2.10. The van der Waals surface area contributed by atoms with Gasteiger partial charge in [0.05, 0.1) is 13.2 Å². The molecule has 0 saturated carbocycles. The lowest BCUT2D eigenvalue weighted by Crippen LogP contribution is -1.97. The van der Waals surface area contributed by atoms with Crippen LogP contribution in [0.25, 0.3) is 0 Å². The van der Waals surface area contributed by atoms with E-state index >= 15 is 0 Å². The van der Waals surface area contributed by atoms with Crippen molar-refractivity contribution in [3.8, 4) is 23.0 Å². The maximum absolute atomic E-state index is 5.89. The molecule has 3 nitrogen and oxygen atoms in total. The molecule has 0 aliphatic heterocycles. The fourth-order valence-electron chi connectivity index (χ4n) is 2.78. The van der Waals surface area contributed by atoms with Crippen LogP contribution in [0.15, 0.2) is 48.5 Å². The Balaban J connectivity index is 1.71. The van der Waals surface area contributed by atoms with Crippen molar-refractivity contribution in [2.75, 3.05) is 13.2 Å². The monoisotopic (exact) mass is 370 g/mol. The molecule has 0 bridgehead atoms. The number of unbranched alkanes of at least 4 members (excludes halogenated alkanes) is 6. The van der Waals surface area contributed by atoms with Crippen LogP contribution in [0.5, 0.6) is 23.0 Å². The molecule has 3 heteroatoms. The molecule has 0 N–H and O–H groups in total. The van der Waals surface area contributed by atoms with Gasteiger partial charge >= 0.3 is 0 Å². The molecule has 0 atom stereocenters. The third-order valence-electron chi connectivity index (χ3n) is 4.42. The Morgan fingerprint density at radius 1 is 0.481 bits per heavy atom. The first-order valence-corrected chi connectivity index (χ1v) is 10.5. The molecular formula is C24H34O3. The summed E-state index contributed by atoms with van der Waals surface area (Å²) in [5.74, 6) is 3.40. The maximum atomic E-state index is 5.89. The highest BCUT2D eigenvalue weighted by atomic mass is 16.5. The van der Waals surface area contributed by atoms with Crippen LogP contribution in [-0.4, -0.2) is 13.2 Å². The Morgan fingerprint density at radius 3 is 1.22 bits per heavy atom. The van der Waals surface area contributed by atoms with Gasteiger partial charge in [-0.25, -0.2) is 0 Å². The zero-order chi connectivity index (χ0) is 19.2. The van der Waals surface area contributed by atoms with Crippen LogP contribution in [0.1, 0.15) is 65.2 Å². The van der Waals surface area contributed by atoms with Gasteiger partial charge < -0.3 is 14.2 Å². The second-order valence-corrected chi connectivity index (χ2v) is 6.86. The van der Waals surface area contributed by atoms with Crippen LogP contribution < -0.4 is 14.2 Å². The Morgan fingerprint density at radius 2 is 0.852 bits per heavy atom. The zero-order valence-electron chi connectivity index (χ0n) is 16.9. The molecule has 148 valence electrons. The smallest absolute Gasteiger partial charge is 0.127 e. The Hall–Kier alpha value is -2.16. The van der Waals surface area contributed by atoms with Gasteiger partial charge in [-0.15, -0.1) is 0 Å². The summed E-state index contributed by atoms with van der Waals surface area (Å²) < 4.78 is 17.4. The van der Waals surface area contributed by atoms with E-state index in [1.165, 1.54) is 38.5 Å². The summed E-state index contributed by atoms with van der Waals surface area (Å²) in [6.07, 6.45) is 9.73. The van der Waals surface area contributed by atoms with Gasteiger partial charge in [0.25, 0.3) is 0 Å². The number of hydrogen-bond acceptors (Lipinski definition) is 3. The fraction of sp³-hybridized carbons (Fsp3) is 0.500. The van der Waals surface area contributed by atoms with E-state index in [1.807, 2.05) is 48.5 Å². The highest BCUT2D eigenvalue weighted by Gasteiger charge is 2.01. The van der Waals surface area contributed by atoms with E-state index in [4.69, 9.17) is 14.2 Å². The first kappa shape index (κ1) is 21.1. The molecule has 0 amide bonds. The van der Waals surface area contributed by atoms with Gasteiger partial charge in [-0.3, -0.25) is 0 Å². The lowest BCUT2D eigenvalue weighted by atomic mass is 10.2. The molecule has 0 heterocycles. The molecule has 0 aliphatic carbocycles.